The Kier molecular flexibility index (Phi) is 8.63. The fourth-order valence-corrected chi connectivity index (χ4v) is 4.72. The van der Waals surface area contributed by atoms with Gasteiger partial charge in [0, 0.05) is 6.54 Å². The Bertz CT molecular complexity index is 1280. The van der Waals surface area contributed by atoms with E-state index in [1.807, 2.05) is 6.92 Å². The molecular weight excluding hydrogens is 466 g/mol. The Labute approximate surface area is 205 Å². The average Bonchev–Trinajstić information content (AvgIpc) is 2.87. The molecule has 8 nitrogen and oxygen atoms in total. The van der Waals surface area contributed by atoms with Gasteiger partial charge in [-0.1, -0.05) is 36.4 Å². The van der Waals surface area contributed by atoms with Crippen molar-refractivity contribution in [3.8, 4) is 5.75 Å². The van der Waals surface area contributed by atoms with Crippen molar-refractivity contribution in [3.63, 3.8) is 0 Å². The predicted molar refractivity (Wildman–Crippen MR) is 136 cm³/mol. The van der Waals surface area contributed by atoms with Crippen LogP contribution in [0.15, 0.2) is 96.4 Å². The van der Waals surface area contributed by atoms with Crippen molar-refractivity contribution in [2.75, 3.05) is 29.3 Å². The van der Waals surface area contributed by atoms with Crippen molar-refractivity contribution in [2.45, 2.75) is 11.8 Å². The normalized spacial score (nSPS) is 10.8. The number of rotatable bonds is 11. The van der Waals surface area contributed by atoms with Crippen molar-refractivity contribution in [2.24, 2.45) is 0 Å². The first-order valence-corrected chi connectivity index (χ1v) is 12.4. The lowest BCUT2D eigenvalue weighted by atomic mass is 10.1. The van der Waals surface area contributed by atoms with E-state index >= 15 is 0 Å². The summed E-state index contributed by atoms with van der Waals surface area (Å²) in [5.74, 6) is -0.416. The molecule has 0 atom stereocenters. The fraction of sp³-hybridized carbons (Fsp3) is 0.154. The number of ether oxygens (including phenoxy) is 1. The lowest BCUT2D eigenvalue weighted by Crippen LogP contribution is -2.38. The van der Waals surface area contributed by atoms with Gasteiger partial charge in [0.05, 0.1) is 28.4 Å². The first kappa shape index (κ1) is 25.5. The second-order valence-electron chi connectivity index (χ2n) is 7.34. The highest BCUT2D eigenvalue weighted by atomic mass is 32.2. The number of sulfonamides is 1. The molecule has 3 aromatic rings. The topological polar surface area (TPSA) is 105 Å². The maximum absolute atomic E-state index is 13.5. The average molecular weight is 494 g/mol. The predicted octanol–water partition coefficient (Wildman–Crippen LogP) is 3.84. The lowest BCUT2D eigenvalue weighted by Gasteiger charge is -2.24. The number of anilines is 2. The molecule has 3 rings (SSSR count). The minimum Gasteiger partial charge on any atom is -0.494 e. The van der Waals surface area contributed by atoms with Gasteiger partial charge in [0.25, 0.3) is 15.9 Å². The van der Waals surface area contributed by atoms with Gasteiger partial charge in [0.1, 0.15) is 12.3 Å². The van der Waals surface area contributed by atoms with Gasteiger partial charge in [-0.25, -0.2) is 8.42 Å². The van der Waals surface area contributed by atoms with Crippen molar-refractivity contribution >= 4 is 33.2 Å². The van der Waals surface area contributed by atoms with Gasteiger partial charge < -0.3 is 15.4 Å². The summed E-state index contributed by atoms with van der Waals surface area (Å²) in [4.78, 5) is 25.5. The van der Waals surface area contributed by atoms with E-state index in [0.29, 0.717) is 18.0 Å². The number of amides is 2. The number of carbonyl (C=O) groups is 2. The number of para-hydroxylation sites is 1. The quantitative estimate of drug-likeness (QED) is 0.395. The van der Waals surface area contributed by atoms with Crippen LogP contribution < -0.4 is 19.7 Å². The number of carbonyl (C=O) groups excluding carboxylic acids is 2. The van der Waals surface area contributed by atoms with Gasteiger partial charge in [-0.15, -0.1) is 6.58 Å². The van der Waals surface area contributed by atoms with Crippen LogP contribution in [0.5, 0.6) is 5.75 Å². The molecule has 3 aromatic carbocycles. The van der Waals surface area contributed by atoms with Gasteiger partial charge in [0.2, 0.25) is 5.91 Å². The van der Waals surface area contributed by atoms with Crippen LogP contribution in [0, 0.1) is 0 Å². The molecule has 2 amide bonds. The zero-order valence-electron chi connectivity index (χ0n) is 19.3. The molecule has 182 valence electrons. The Morgan fingerprint density at radius 1 is 0.971 bits per heavy atom. The van der Waals surface area contributed by atoms with Gasteiger partial charge in [-0.05, 0) is 55.5 Å². The highest BCUT2D eigenvalue weighted by molar-refractivity contribution is 7.92. The summed E-state index contributed by atoms with van der Waals surface area (Å²) in [6.45, 7) is 5.64. The smallest absolute Gasteiger partial charge is 0.264 e. The van der Waals surface area contributed by atoms with Gasteiger partial charge in [0.15, 0.2) is 0 Å². The molecule has 0 aliphatic heterocycles. The molecule has 0 aliphatic carbocycles. The van der Waals surface area contributed by atoms with E-state index in [9.17, 15) is 18.0 Å². The summed E-state index contributed by atoms with van der Waals surface area (Å²) in [6.07, 6.45) is 1.54. The van der Waals surface area contributed by atoms with Crippen LogP contribution in [0.1, 0.15) is 17.3 Å². The van der Waals surface area contributed by atoms with E-state index in [-0.39, 0.29) is 28.6 Å². The molecule has 9 heteroatoms. The van der Waals surface area contributed by atoms with Crippen LogP contribution in [0.25, 0.3) is 0 Å². The number of nitrogens with zero attached hydrogens (tertiary/aromatic N) is 1. The number of hydrogen-bond acceptors (Lipinski definition) is 5. The molecule has 0 bridgehead atoms. The Morgan fingerprint density at radius 2 is 1.63 bits per heavy atom. The van der Waals surface area contributed by atoms with E-state index in [2.05, 4.69) is 17.2 Å². The van der Waals surface area contributed by atoms with Crippen molar-refractivity contribution in [1.29, 1.82) is 0 Å². The van der Waals surface area contributed by atoms with Crippen molar-refractivity contribution in [1.82, 2.24) is 5.32 Å². The third-order valence-corrected chi connectivity index (χ3v) is 6.69. The number of hydrogen-bond donors (Lipinski definition) is 2. The van der Waals surface area contributed by atoms with Crippen LogP contribution in [0.2, 0.25) is 0 Å². The van der Waals surface area contributed by atoms with Crippen LogP contribution in [0.3, 0.4) is 0 Å². The maximum atomic E-state index is 13.5. The summed E-state index contributed by atoms with van der Waals surface area (Å²) in [7, 11) is -4.06. The molecular formula is C26H27N3O5S. The SMILES string of the molecule is C=CCNC(=O)c1ccccc1NC(=O)CN(c1ccc(OCC)cc1)S(=O)(=O)c1ccccc1. The van der Waals surface area contributed by atoms with Gasteiger partial charge in [-0.2, -0.15) is 0 Å². The van der Waals surface area contributed by atoms with Crippen LogP contribution in [0.4, 0.5) is 11.4 Å². The molecule has 35 heavy (non-hydrogen) atoms. The summed E-state index contributed by atoms with van der Waals surface area (Å²) < 4.78 is 33.4. The van der Waals surface area contributed by atoms with E-state index in [1.54, 1.807) is 72.8 Å². The number of nitrogens with one attached hydrogen (secondary N) is 2. The highest BCUT2D eigenvalue weighted by Crippen LogP contribution is 2.26. The zero-order valence-corrected chi connectivity index (χ0v) is 20.1. The molecule has 0 unspecified atom stereocenters. The molecule has 0 spiro atoms. The molecule has 0 radical (unpaired) electrons. The Morgan fingerprint density at radius 3 is 2.29 bits per heavy atom. The lowest BCUT2D eigenvalue weighted by molar-refractivity contribution is -0.114. The third kappa shape index (κ3) is 6.48. The van der Waals surface area contributed by atoms with E-state index in [4.69, 9.17) is 4.74 Å². The molecule has 0 heterocycles. The second kappa shape index (κ2) is 11.8. The Hall–Kier alpha value is -4.11. The maximum Gasteiger partial charge on any atom is 0.264 e. The van der Waals surface area contributed by atoms with Gasteiger partial charge in [-0.3, -0.25) is 13.9 Å². The Balaban J connectivity index is 1.91. The van der Waals surface area contributed by atoms with Gasteiger partial charge >= 0.3 is 0 Å². The zero-order chi connectivity index (χ0) is 25.3. The van der Waals surface area contributed by atoms with E-state index < -0.39 is 22.5 Å². The summed E-state index contributed by atoms with van der Waals surface area (Å²) in [5.41, 5.74) is 0.813. The molecule has 0 saturated carbocycles. The standard InChI is InChI=1S/C26H27N3O5S/c1-3-18-27-26(31)23-12-8-9-13-24(23)28-25(30)19-29(20-14-16-21(17-15-20)34-4-2)35(32,33)22-10-6-5-7-11-22/h3,5-17H,1,4,18-19H2,2H3,(H,27,31)(H,28,30). The van der Waals surface area contributed by atoms with Crippen LogP contribution >= 0.6 is 0 Å². The minimum absolute atomic E-state index is 0.0471. The monoisotopic (exact) mass is 493 g/mol. The van der Waals surface area contributed by atoms with E-state index in [1.165, 1.54) is 12.1 Å². The molecule has 0 saturated heterocycles. The fourth-order valence-electron chi connectivity index (χ4n) is 3.28. The molecule has 0 aromatic heterocycles. The van der Waals surface area contributed by atoms with Crippen LogP contribution in [-0.4, -0.2) is 39.9 Å². The largest absolute Gasteiger partial charge is 0.494 e. The third-order valence-electron chi connectivity index (χ3n) is 4.91. The summed E-state index contributed by atoms with van der Waals surface area (Å²) in [6, 6.07) is 20.8. The van der Waals surface area contributed by atoms with Crippen molar-refractivity contribution < 1.29 is 22.7 Å². The second-order valence-corrected chi connectivity index (χ2v) is 9.21. The number of benzene rings is 3. The van der Waals surface area contributed by atoms with Crippen LogP contribution in [-0.2, 0) is 14.8 Å². The van der Waals surface area contributed by atoms with E-state index in [0.717, 1.165) is 4.31 Å². The summed E-state index contributed by atoms with van der Waals surface area (Å²) in [5, 5.41) is 5.33. The first-order chi connectivity index (χ1) is 16.9. The van der Waals surface area contributed by atoms with Crippen molar-refractivity contribution in [3.05, 3.63) is 97.1 Å². The summed E-state index contributed by atoms with van der Waals surface area (Å²) >= 11 is 0. The molecule has 0 fully saturated rings. The molecule has 2 N–H and O–H groups in total. The molecule has 0 aliphatic rings. The highest BCUT2D eigenvalue weighted by Gasteiger charge is 2.27. The minimum atomic E-state index is -4.06. The first-order valence-electron chi connectivity index (χ1n) is 11.0.